The van der Waals surface area contributed by atoms with Crippen LogP contribution < -0.4 is 9.47 Å². The molecular formula is C17H22O6. The molecule has 126 valence electrons. The van der Waals surface area contributed by atoms with Gasteiger partial charge < -0.3 is 23.7 Å². The molecule has 0 bridgehead atoms. The topological polar surface area (TPSA) is 63.2 Å². The minimum absolute atomic E-state index is 0.131. The first-order valence-corrected chi connectivity index (χ1v) is 7.39. The highest BCUT2D eigenvalue weighted by molar-refractivity contribution is 5.99. The second-order valence-corrected chi connectivity index (χ2v) is 5.06. The lowest BCUT2D eigenvalue weighted by Gasteiger charge is -2.15. The first-order chi connectivity index (χ1) is 11.2. The Morgan fingerprint density at radius 2 is 1.78 bits per heavy atom. The van der Waals surface area contributed by atoms with Gasteiger partial charge in [0.05, 0.1) is 7.11 Å². The van der Waals surface area contributed by atoms with Crippen molar-refractivity contribution in [1.82, 2.24) is 0 Å². The smallest absolute Gasteiger partial charge is 0.334 e. The minimum atomic E-state index is -0.293. The zero-order valence-corrected chi connectivity index (χ0v) is 13.7. The maximum atomic E-state index is 12.0. The molecule has 1 aliphatic rings. The van der Waals surface area contributed by atoms with E-state index in [2.05, 4.69) is 0 Å². The highest BCUT2D eigenvalue weighted by Gasteiger charge is 2.25. The van der Waals surface area contributed by atoms with Crippen molar-refractivity contribution in [3.05, 3.63) is 29.3 Å². The van der Waals surface area contributed by atoms with Crippen LogP contribution in [0.1, 0.15) is 24.8 Å². The van der Waals surface area contributed by atoms with Gasteiger partial charge in [0.1, 0.15) is 11.5 Å². The summed E-state index contributed by atoms with van der Waals surface area (Å²) in [5.74, 6) is 1.00. The summed E-state index contributed by atoms with van der Waals surface area (Å²) >= 11 is 0. The number of hydrogen-bond acceptors (Lipinski definition) is 6. The molecule has 0 unspecified atom stereocenters. The van der Waals surface area contributed by atoms with Crippen molar-refractivity contribution >= 4 is 11.5 Å². The fourth-order valence-corrected chi connectivity index (χ4v) is 2.60. The van der Waals surface area contributed by atoms with Crippen LogP contribution in [0.25, 0.3) is 5.57 Å². The first-order valence-electron chi connectivity index (χ1n) is 7.39. The number of esters is 1. The highest BCUT2D eigenvalue weighted by atomic mass is 16.7. The molecule has 0 aliphatic heterocycles. The molecule has 0 spiro atoms. The second kappa shape index (κ2) is 8.55. The molecule has 6 heteroatoms. The van der Waals surface area contributed by atoms with Gasteiger partial charge in [0.2, 0.25) is 0 Å². The minimum Gasteiger partial charge on any atom is -0.468 e. The predicted molar refractivity (Wildman–Crippen MR) is 84.2 cm³/mol. The molecule has 1 aromatic carbocycles. The van der Waals surface area contributed by atoms with Crippen LogP contribution in [-0.2, 0) is 19.0 Å². The van der Waals surface area contributed by atoms with Crippen molar-refractivity contribution in [1.29, 1.82) is 0 Å². The Hall–Kier alpha value is -2.05. The molecule has 0 radical (unpaired) electrons. The van der Waals surface area contributed by atoms with Crippen LogP contribution in [0.3, 0.4) is 0 Å². The summed E-state index contributed by atoms with van der Waals surface area (Å²) in [6, 6.07) is 5.45. The van der Waals surface area contributed by atoms with Gasteiger partial charge in [0.15, 0.2) is 13.6 Å². The van der Waals surface area contributed by atoms with Crippen molar-refractivity contribution in [3.8, 4) is 11.5 Å². The summed E-state index contributed by atoms with van der Waals surface area (Å²) in [5, 5.41) is 0. The predicted octanol–water partition coefficient (Wildman–Crippen LogP) is 2.76. The number of hydrogen-bond donors (Lipinski definition) is 0. The van der Waals surface area contributed by atoms with E-state index in [4.69, 9.17) is 23.7 Å². The molecule has 6 nitrogen and oxygen atoms in total. The molecule has 2 rings (SSSR count). The largest absolute Gasteiger partial charge is 0.468 e. The Bertz CT molecular complexity index is 578. The lowest BCUT2D eigenvalue weighted by Crippen LogP contribution is -2.06. The SMILES string of the molecule is COCOc1ccc(OCOC)c(C2=C(C(=O)OC)CCC2)c1. The Labute approximate surface area is 135 Å². The molecule has 23 heavy (non-hydrogen) atoms. The van der Waals surface area contributed by atoms with E-state index in [1.54, 1.807) is 26.4 Å². The van der Waals surface area contributed by atoms with Gasteiger partial charge >= 0.3 is 5.97 Å². The number of allylic oxidation sites excluding steroid dienone is 1. The van der Waals surface area contributed by atoms with E-state index < -0.39 is 0 Å². The monoisotopic (exact) mass is 322 g/mol. The van der Waals surface area contributed by atoms with Crippen LogP contribution in [0.4, 0.5) is 0 Å². The van der Waals surface area contributed by atoms with Gasteiger partial charge in [-0.15, -0.1) is 0 Å². The molecule has 0 amide bonds. The number of carbonyl (C=O) groups excluding carboxylic acids is 1. The molecule has 1 aromatic rings. The number of methoxy groups -OCH3 is 3. The maximum absolute atomic E-state index is 12.0. The average Bonchev–Trinajstić information content (AvgIpc) is 3.07. The second-order valence-electron chi connectivity index (χ2n) is 5.06. The summed E-state index contributed by atoms with van der Waals surface area (Å²) < 4.78 is 25.9. The average molecular weight is 322 g/mol. The van der Waals surface area contributed by atoms with Gasteiger partial charge in [-0.2, -0.15) is 0 Å². The molecule has 0 heterocycles. The molecule has 0 saturated heterocycles. The van der Waals surface area contributed by atoms with Gasteiger partial charge in [-0.1, -0.05) is 0 Å². The maximum Gasteiger partial charge on any atom is 0.334 e. The summed E-state index contributed by atoms with van der Waals surface area (Å²) in [4.78, 5) is 12.0. The molecular weight excluding hydrogens is 300 g/mol. The van der Waals surface area contributed by atoms with Crippen LogP contribution in [0, 0.1) is 0 Å². The van der Waals surface area contributed by atoms with E-state index in [9.17, 15) is 4.79 Å². The van der Waals surface area contributed by atoms with Crippen molar-refractivity contribution < 1.29 is 28.5 Å². The van der Waals surface area contributed by atoms with E-state index in [1.807, 2.05) is 6.07 Å². The third kappa shape index (κ3) is 4.24. The van der Waals surface area contributed by atoms with Crippen LogP contribution >= 0.6 is 0 Å². The zero-order chi connectivity index (χ0) is 16.7. The number of benzene rings is 1. The fraction of sp³-hybridized carbons (Fsp3) is 0.471. The van der Waals surface area contributed by atoms with E-state index in [-0.39, 0.29) is 19.6 Å². The Balaban J connectivity index is 2.41. The van der Waals surface area contributed by atoms with Crippen LogP contribution in [0.5, 0.6) is 11.5 Å². The molecule has 0 aromatic heterocycles. The lowest BCUT2D eigenvalue weighted by molar-refractivity contribution is -0.136. The van der Waals surface area contributed by atoms with Crippen molar-refractivity contribution in [2.24, 2.45) is 0 Å². The van der Waals surface area contributed by atoms with E-state index >= 15 is 0 Å². The van der Waals surface area contributed by atoms with E-state index in [0.717, 1.165) is 24.0 Å². The standard InChI is InChI=1S/C17H22O6/c1-19-10-22-12-7-8-16(23-11-20-2)15(9-12)13-5-4-6-14(13)17(18)21-3/h7-9H,4-6,10-11H2,1-3H3. The van der Waals surface area contributed by atoms with E-state index in [0.29, 0.717) is 23.5 Å². The fourth-order valence-electron chi connectivity index (χ4n) is 2.60. The zero-order valence-electron chi connectivity index (χ0n) is 13.7. The first kappa shape index (κ1) is 17.3. The lowest BCUT2D eigenvalue weighted by atomic mass is 10.0. The quantitative estimate of drug-likeness (QED) is 0.542. The number of ether oxygens (including phenoxy) is 5. The molecule has 0 atom stereocenters. The number of carbonyl (C=O) groups is 1. The molecule has 0 N–H and O–H groups in total. The Morgan fingerprint density at radius 1 is 1.04 bits per heavy atom. The van der Waals surface area contributed by atoms with E-state index in [1.165, 1.54) is 7.11 Å². The van der Waals surface area contributed by atoms with Crippen LogP contribution in [0.15, 0.2) is 23.8 Å². The van der Waals surface area contributed by atoms with Gasteiger partial charge in [-0.3, -0.25) is 0 Å². The third-order valence-electron chi connectivity index (χ3n) is 3.60. The van der Waals surface area contributed by atoms with Crippen LogP contribution in [0.2, 0.25) is 0 Å². The molecule has 1 aliphatic carbocycles. The van der Waals surface area contributed by atoms with Gasteiger partial charge in [-0.25, -0.2) is 4.79 Å². The van der Waals surface area contributed by atoms with Gasteiger partial charge in [0, 0.05) is 25.4 Å². The molecule has 0 saturated carbocycles. The highest BCUT2D eigenvalue weighted by Crippen LogP contribution is 2.40. The number of rotatable bonds is 8. The summed E-state index contributed by atoms with van der Waals surface area (Å²) in [5.41, 5.74) is 2.46. The van der Waals surface area contributed by atoms with Crippen molar-refractivity contribution in [2.75, 3.05) is 34.9 Å². The Morgan fingerprint density at radius 3 is 2.48 bits per heavy atom. The van der Waals surface area contributed by atoms with Crippen molar-refractivity contribution in [2.45, 2.75) is 19.3 Å². The molecule has 0 fully saturated rings. The van der Waals surface area contributed by atoms with Crippen LogP contribution in [-0.4, -0.2) is 40.9 Å². The van der Waals surface area contributed by atoms with Gasteiger partial charge in [-0.05, 0) is 43.0 Å². The Kier molecular flexibility index (Phi) is 6.43. The summed E-state index contributed by atoms with van der Waals surface area (Å²) in [6.45, 7) is 0.284. The summed E-state index contributed by atoms with van der Waals surface area (Å²) in [6.07, 6.45) is 2.41. The van der Waals surface area contributed by atoms with Gasteiger partial charge in [0.25, 0.3) is 0 Å². The summed E-state index contributed by atoms with van der Waals surface area (Å²) in [7, 11) is 4.52. The normalized spacial score (nSPS) is 14.0. The third-order valence-corrected chi connectivity index (χ3v) is 3.60. The van der Waals surface area contributed by atoms with Crippen molar-refractivity contribution in [3.63, 3.8) is 0 Å².